The second-order valence-electron chi connectivity index (χ2n) is 5.54. The molecule has 0 unspecified atom stereocenters. The fraction of sp³-hybridized carbons (Fsp3) is 0.438. The van der Waals surface area contributed by atoms with E-state index in [1.165, 1.54) is 11.3 Å². The molecule has 21 heavy (non-hydrogen) atoms. The van der Waals surface area contributed by atoms with Crippen molar-refractivity contribution in [2.45, 2.75) is 20.0 Å². The second kappa shape index (κ2) is 6.56. The minimum Gasteiger partial charge on any atom is -0.369 e. The minimum atomic E-state index is 0.547. The molecule has 1 aromatic carbocycles. The summed E-state index contributed by atoms with van der Waals surface area (Å²) in [4.78, 5) is 9.49. The molecule has 0 atom stereocenters. The molecular weight excluding hydrogens is 280 g/mol. The Hall–Kier alpha value is -1.43. The van der Waals surface area contributed by atoms with Crippen LogP contribution < -0.4 is 10.6 Å². The SMILES string of the molecule is Cc1cccc(N2CCN(Cc3csc(CN)n3)CC2)c1. The number of nitrogens with zero attached hydrogens (tertiary/aromatic N) is 3. The fourth-order valence-corrected chi connectivity index (χ4v) is 3.40. The molecule has 2 heterocycles. The molecule has 0 aliphatic carbocycles. The largest absolute Gasteiger partial charge is 0.369 e. The van der Waals surface area contributed by atoms with Crippen molar-refractivity contribution in [3.05, 3.63) is 45.9 Å². The lowest BCUT2D eigenvalue weighted by atomic mass is 10.2. The summed E-state index contributed by atoms with van der Waals surface area (Å²) in [6.45, 7) is 7.97. The summed E-state index contributed by atoms with van der Waals surface area (Å²) in [5, 5.41) is 3.16. The number of aryl methyl sites for hydroxylation is 1. The van der Waals surface area contributed by atoms with Crippen LogP contribution in [0.25, 0.3) is 0 Å². The second-order valence-corrected chi connectivity index (χ2v) is 6.48. The standard InChI is InChI=1S/C16H22N4S/c1-13-3-2-4-15(9-13)20-7-5-19(6-8-20)11-14-12-21-16(10-17)18-14/h2-4,9,12H,5-8,10-11,17H2,1H3. The molecule has 3 rings (SSSR count). The number of nitrogens with two attached hydrogens (primary N) is 1. The van der Waals surface area contributed by atoms with Gasteiger partial charge in [0.2, 0.25) is 0 Å². The van der Waals surface area contributed by atoms with E-state index in [1.807, 2.05) is 0 Å². The molecule has 0 bridgehead atoms. The number of hydrogen-bond donors (Lipinski definition) is 1. The molecule has 1 aliphatic heterocycles. The average molecular weight is 302 g/mol. The van der Waals surface area contributed by atoms with E-state index in [0.29, 0.717) is 6.54 Å². The first-order valence-electron chi connectivity index (χ1n) is 7.42. The monoisotopic (exact) mass is 302 g/mol. The summed E-state index contributed by atoms with van der Waals surface area (Å²) >= 11 is 1.66. The fourth-order valence-electron chi connectivity index (χ4n) is 2.73. The number of thiazole rings is 1. The Balaban J connectivity index is 1.55. The van der Waals surface area contributed by atoms with Gasteiger partial charge in [0, 0.05) is 50.3 Å². The summed E-state index contributed by atoms with van der Waals surface area (Å²) < 4.78 is 0. The van der Waals surface area contributed by atoms with Gasteiger partial charge in [-0.1, -0.05) is 12.1 Å². The molecule has 0 radical (unpaired) electrons. The van der Waals surface area contributed by atoms with Gasteiger partial charge in [0.15, 0.2) is 0 Å². The summed E-state index contributed by atoms with van der Waals surface area (Å²) in [5.74, 6) is 0. The zero-order chi connectivity index (χ0) is 14.7. The zero-order valence-electron chi connectivity index (χ0n) is 12.5. The van der Waals surface area contributed by atoms with Crippen molar-refractivity contribution >= 4 is 17.0 Å². The number of anilines is 1. The highest BCUT2D eigenvalue weighted by Gasteiger charge is 2.18. The highest BCUT2D eigenvalue weighted by Crippen LogP contribution is 2.19. The van der Waals surface area contributed by atoms with Crippen LogP contribution in [0.15, 0.2) is 29.6 Å². The molecule has 112 valence electrons. The van der Waals surface area contributed by atoms with Crippen molar-refractivity contribution in [2.75, 3.05) is 31.1 Å². The Labute approximate surface area is 130 Å². The van der Waals surface area contributed by atoms with Crippen molar-refractivity contribution in [2.24, 2.45) is 5.73 Å². The van der Waals surface area contributed by atoms with Crippen LogP contribution in [0.4, 0.5) is 5.69 Å². The third kappa shape index (κ3) is 3.61. The lowest BCUT2D eigenvalue weighted by Gasteiger charge is -2.35. The number of hydrogen-bond acceptors (Lipinski definition) is 5. The van der Waals surface area contributed by atoms with Gasteiger partial charge < -0.3 is 10.6 Å². The molecule has 1 aromatic heterocycles. The highest BCUT2D eigenvalue weighted by molar-refractivity contribution is 7.09. The van der Waals surface area contributed by atoms with Crippen molar-refractivity contribution in [1.29, 1.82) is 0 Å². The lowest BCUT2D eigenvalue weighted by Crippen LogP contribution is -2.46. The van der Waals surface area contributed by atoms with E-state index >= 15 is 0 Å². The first-order valence-corrected chi connectivity index (χ1v) is 8.30. The molecule has 0 spiro atoms. The van der Waals surface area contributed by atoms with Crippen molar-refractivity contribution in [1.82, 2.24) is 9.88 Å². The van der Waals surface area contributed by atoms with E-state index in [9.17, 15) is 0 Å². The molecule has 4 nitrogen and oxygen atoms in total. The number of aromatic nitrogens is 1. The van der Waals surface area contributed by atoms with Gasteiger partial charge in [-0.25, -0.2) is 4.98 Å². The maximum atomic E-state index is 5.62. The smallest absolute Gasteiger partial charge is 0.106 e. The highest BCUT2D eigenvalue weighted by atomic mass is 32.1. The molecule has 1 aliphatic rings. The average Bonchev–Trinajstić information content (AvgIpc) is 2.96. The first kappa shape index (κ1) is 14.5. The van der Waals surface area contributed by atoms with E-state index < -0.39 is 0 Å². The minimum absolute atomic E-state index is 0.547. The van der Waals surface area contributed by atoms with E-state index in [2.05, 4.69) is 51.4 Å². The van der Waals surface area contributed by atoms with E-state index in [-0.39, 0.29) is 0 Å². The van der Waals surface area contributed by atoms with Gasteiger partial charge in [-0.15, -0.1) is 11.3 Å². The topological polar surface area (TPSA) is 45.4 Å². The summed E-state index contributed by atoms with van der Waals surface area (Å²) in [6.07, 6.45) is 0. The van der Waals surface area contributed by atoms with E-state index in [1.54, 1.807) is 11.3 Å². The normalized spacial score (nSPS) is 16.4. The number of rotatable bonds is 4. The predicted molar refractivity (Wildman–Crippen MR) is 88.7 cm³/mol. The van der Waals surface area contributed by atoms with Gasteiger partial charge in [-0.05, 0) is 24.6 Å². The van der Waals surface area contributed by atoms with Crippen LogP contribution >= 0.6 is 11.3 Å². The van der Waals surface area contributed by atoms with Gasteiger partial charge in [-0.3, -0.25) is 4.90 Å². The van der Waals surface area contributed by atoms with Crippen molar-refractivity contribution < 1.29 is 0 Å². The molecule has 2 aromatic rings. The van der Waals surface area contributed by atoms with Crippen LogP contribution in [-0.4, -0.2) is 36.1 Å². The molecule has 2 N–H and O–H groups in total. The summed E-state index contributed by atoms with van der Waals surface area (Å²) in [5.41, 5.74) is 9.44. The van der Waals surface area contributed by atoms with E-state index in [4.69, 9.17) is 5.73 Å². The van der Waals surface area contributed by atoms with Crippen LogP contribution in [0.1, 0.15) is 16.3 Å². The van der Waals surface area contributed by atoms with Crippen LogP contribution in [0.3, 0.4) is 0 Å². The van der Waals surface area contributed by atoms with Gasteiger partial charge in [0.25, 0.3) is 0 Å². The Morgan fingerprint density at radius 2 is 2.05 bits per heavy atom. The zero-order valence-corrected chi connectivity index (χ0v) is 13.3. The Morgan fingerprint density at radius 3 is 2.71 bits per heavy atom. The van der Waals surface area contributed by atoms with Gasteiger partial charge in [-0.2, -0.15) is 0 Å². The summed E-state index contributed by atoms with van der Waals surface area (Å²) in [6, 6.07) is 8.76. The molecule has 0 saturated carbocycles. The molecular formula is C16H22N4S. The number of benzene rings is 1. The maximum Gasteiger partial charge on any atom is 0.106 e. The van der Waals surface area contributed by atoms with Crippen molar-refractivity contribution in [3.63, 3.8) is 0 Å². The van der Waals surface area contributed by atoms with Crippen LogP contribution in [0.2, 0.25) is 0 Å². The third-order valence-corrected chi connectivity index (χ3v) is 4.82. The molecule has 5 heteroatoms. The Morgan fingerprint density at radius 1 is 1.24 bits per heavy atom. The Kier molecular flexibility index (Phi) is 4.53. The Bertz CT molecular complexity index is 587. The van der Waals surface area contributed by atoms with Gasteiger partial charge in [0.05, 0.1) is 5.69 Å². The predicted octanol–water partition coefficient (Wildman–Crippen LogP) is 2.23. The van der Waals surface area contributed by atoms with Gasteiger partial charge in [0.1, 0.15) is 5.01 Å². The van der Waals surface area contributed by atoms with Crippen LogP contribution in [-0.2, 0) is 13.1 Å². The summed E-state index contributed by atoms with van der Waals surface area (Å²) in [7, 11) is 0. The molecule has 1 fully saturated rings. The molecule has 1 saturated heterocycles. The van der Waals surface area contributed by atoms with Crippen LogP contribution in [0, 0.1) is 6.92 Å². The van der Waals surface area contributed by atoms with E-state index in [0.717, 1.165) is 43.4 Å². The number of piperazine rings is 1. The quantitative estimate of drug-likeness (QED) is 0.941. The lowest BCUT2D eigenvalue weighted by molar-refractivity contribution is 0.247. The third-order valence-electron chi connectivity index (χ3n) is 3.90. The maximum absolute atomic E-state index is 5.62. The van der Waals surface area contributed by atoms with Crippen molar-refractivity contribution in [3.8, 4) is 0 Å². The molecule has 0 amide bonds. The van der Waals surface area contributed by atoms with Gasteiger partial charge >= 0.3 is 0 Å². The first-order chi connectivity index (χ1) is 10.2. The van der Waals surface area contributed by atoms with Crippen LogP contribution in [0.5, 0.6) is 0 Å².